The molecular weight excluding hydrogens is 420 g/mol. The van der Waals surface area contributed by atoms with Crippen molar-refractivity contribution in [1.82, 2.24) is 4.31 Å². The summed E-state index contributed by atoms with van der Waals surface area (Å²) in [6.45, 7) is 0.814. The van der Waals surface area contributed by atoms with Gasteiger partial charge >= 0.3 is 0 Å². The second-order valence-electron chi connectivity index (χ2n) is 6.43. The number of hydrogen-bond donors (Lipinski definition) is 2. The highest BCUT2D eigenvalue weighted by Gasteiger charge is 2.30. The normalized spacial score (nSPS) is 15.2. The van der Waals surface area contributed by atoms with Crippen molar-refractivity contribution in [3.63, 3.8) is 0 Å². The number of rotatable bonds is 6. The molecule has 1 aliphatic rings. The number of carbonyl (C=O) groups is 1. The first-order valence-corrected chi connectivity index (χ1v) is 11.6. The lowest BCUT2D eigenvalue weighted by atomic mass is 10.2. The molecule has 0 aromatic heterocycles. The lowest BCUT2D eigenvalue weighted by molar-refractivity contribution is 0.102. The highest BCUT2D eigenvalue weighted by atomic mass is 32.2. The highest BCUT2D eigenvalue weighted by molar-refractivity contribution is 7.89. The number of nitrogens with one attached hydrogen (secondary N) is 1. The van der Waals surface area contributed by atoms with Crippen LogP contribution in [0, 0.1) is 0 Å². The number of ether oxygens (including phenoxy) is 1. The first-order valence-electron chi connectivity index (χ1n) is 8.70. The number of benzene rings is 2. The number of carbonyl (C=O) groups excluding carboxylic acids is 1. The van der Waals surface area contributed by atoms with Crippen molar-refractivity contribution in [3.8, 4) is 5.75 Å². The molecule has 3 rings (SSSR count). The second kappa shape index (κ2) is 8.11. The van der Waals surface area contributed by atoms with Crippen molar-refractivity contribution < 1.29 is 30.9 Å². The average Bonchev–Trinajstić information content (AvgIpc) is 3.22. The molecule has 1 heterocycles. The van der Waals surface area contributed by atoms with Gasteiger partial charge in [-0.15, -0.1) is 0 Å². The Kier molecular flexibility index (Phi) is 5.94. The number of sulfonamides is 1. The highest BCUT2D eigenvalue weighted by Crippen LogP contribution is 2.30. The smallest absolute Gasteiger partial charge is 0.294 e. The van der Waals surface area contributed by atoms with E-state index in [0.717, 1.165) is 18.9 Å². The van der Waals surface area contributed by atoms with Crippen LogP contribution >= 0.6 is 0 Å². The minimum absolute atomic E-state index is 0.0563. The number of nitrogens with zero attached hydrogens (tertiary/aromatic N) is 1. The lowest BCUT2D eigenvalue weighted by Gasteiger charge is -2.18. The number of anilines is 1. The summed E-state index contributed by atoms with van der Waals surface area (Å²) in [7, 11) is -6.90. The minimum atomic E-state index is -4.42. The Labute approximate surface area is 169 Å². The molecule has 0 saturated carbocycles. The molecule has 0 aliphatic carbocycles. The third-order valence-electron chi connectivity index (χ3n) is 4.50. The first-order chi connectivity index (χ1) is 13.6. The standard InChI is InChI=1S/C18H20N2O7S2/c1-27-16-8-7-13(11-17(16)28(22,23)20-9-2-3-10-20)18(21)19-14-5-4-6-15(12-14)29(24,25)26/h4-8,11-12H,2-3,9-10H2,1H3,(H,19,21)(H,24,25,26). The Morgan fingerprint density at radius 3 is 2.38 bits per heavy atom. The largest absolute Gasteiger partial charge is 0.495 e. The summed E-state index contributed by atoms with van der Waals surface area (Å²) in [5.74, 6) is -0.514. The van der Waals surface area contributed by atoms with E-state index in [0.29, 0.717) is 13.1 Å². The van der Waals surface area contributed by atoms with E-state index in [1.165, 1.54) is 47.8 Å². The van der Waals surface area contributed by atoms with Crippen molar-refractivity contribution in [2.24, 2.45) is 0 Å². The van der Waals surface area contributed by atoms with Crippen LogP contribution in [0.1, 0.15) is 23.2 Å². The molecule has 1 fully saturated rings. The van der Waals surface area contributed by atoms with Crippen molar-refractivity contribution in [3.05, 3.63) is 48.0 Å². The minimum Gasteiger partial charge on any atom is -0.495 e. The summed E-state index contributed by atoms with van der Waals surface area (Å²) in [5.41, 5.74) is 0.186. The van der Waals surface area contributed by atoms with Crippen LogP contribution in [0.3, 0.4) is 0 Å². The molecule has 2 aromatic rings. The van der Waals surface area contributed by atoms with Crippen molar-refractivity contribution >= 4 is 31.7 Å². The molecule has 0 radical (unpaired) electrons. The van der Waals surface area contributed by atoms with Gasteiger partial charge in [-0.1, -0.05) is 6.07 Å². The maximum Gasteiger partial charge on any atom is 0.294 e. The fraction of sp³-hybridized carbons (Fsp3) is 0.278. The van der Waals surface area contributed by atoms with Gasteiger partial charge in [0.15, 0.2) is 0 Å². The molecule has 1 aliphatic heterocycles. The van der Waals surface area contributed by atoms with Crippen LogP contribution in [0.5, 0.6) is 5.75 Å². The SMILES string of the molecule is COc1ccc(C(=O)Nc2cccc(S(=O)(=O)O)c2)cc1S(=O)(=O)N1CCCC1. The molecule has 1 amide bonds. The van der Waals surface area contributed by atoms with Crippen molar-refractivity contribution in [2.45, 2.75) is 22.6 Å². The van der Waals surface area contributed by atoms with E-state index in [1.54, 1.807) is 0 Å². The summed E-state index contributed by atoms with van der Waals surface area (Å²) in [4.78, 5) is 12.1. The Balaban J connectivity index is 1.92. The first kappa shape index (κ1) is 21.2. The van der Waals surface area contributed by atoms with Gasteiger partial charge in [-0.25, -0.2) is 8.42 Å². The van der Waals surface area contributed by atoms with Gasteiger partial charge in [0.1, 0.15) is 10.6 Å². The van der Waals surface area contributed by atoms with Crippen LogP contribution in [-0.4, -0.2) is 51.8 Å². The zero-order valence-electron chi connectivity index (χ0n) is 15.5. The van der Waals surface area contributed by atoms with Crippen LogP contribution in [0.15, 0.2) is 52.3 Å². The van der Waals surface area contributed by atoms with Gasteiger partial charge in [0, 0.05) is 24.3 Å². The molecule has 9 nitrogen and oxygen atoms in total. The maximum absolute atomic E-state index is 12.9. The topological polar surface area (TPSA) is 130 Å². The Bertz CT molecular complexity index is 1140. The zero-order chi connectivity index (χ0) is 21.2. The predicted octanol–water partition coefficient (Wildman–Crippen LogP) is 1.98. The summed E-state index contributed by atoms with van der Waals surface area (Å²) in [6.07, 6.45) is 1.54. The summed E-state index contributed by atoms with van der Waals surface area (Å²) in [6, 6.07) is 9.11. The van der Waals surface area contributed by atoms with Gasteiger partial charge < -0.3 is 10.1 Å². The van der Waals surface area contributed by atoms with Gasteiger partial charge in [0.05, 0.1) is 12.0 Å². The third kappa shape index (κ3) is 4.58. The van der Waals surface area contributed by atoms with Crippen LogP contribution in [-0.2, 0) is 20.1 Å². The third-order valence-corrected chi connectivity index (χ3v) is 7.27. The van der Waals surface area contributed by atoms with Gasteiger partial charge in [-0.3, -0.25) is 9.35 Å². The summed E-state index contributed by atoms with van der Waals surface area (Å²) in [5, 5.41) is 2.49. The van der Waals surface area contributed by atoms with Gasteiger partial charge in [-0.05, 0) is 49.2 Å². The monoisotopic (exact) mass is 440 g/mol. The van der Waals surface area contributed by atoms with Crippen LogP contribution < -0.4 is 10.1 Å². The Morgan fingerprint density at radius 1 is 1.07 bits per heavy atom. The number of hydrogen-bond acceptors (Lipinski definition) is 6. The van der Waals surface area contributed by atoms with Crippen LogP contribution in [0.25, 0.3) is 0 Å². The quantitative estimate of drug-likeness (QED) is 0.657. The molecule has 2 N–H and O–H groups in total. The molecule has 0 atom stereocenters. The molecule has 29 heavy (non-hydrogen) atoms. The summed E-state index contributed by atoms with van der Waals surface area (Å²) >= 11 is 0. The average molecular weight is 440 g/mol. The van der Waals surface area contributed by atoms with E-state index in [9.17, 15) is 21.6 Å². The molecule has 0 bridgehead atoms. The lowest BCUT2D eigenvalue weighted by Crippen LogP contribution is -2.28. The Morgan fingerprint density at radius 2 is 1.76 bits per heavy atom. The van der Waals surface area contributed by atoms with Crippen LogP contribution in [0.2, 0.25) is 0 Å². The van der Waals surface area contributed by atoms with Gasteiger partial charge in [-0.2, -0.15) is 12.7 Å². The number of amides is 1. The second-order valence-corrected chi connectivity index (χ2v) is 9.76. The predicted molar refractivity (Wildman–Crippen MR) is 105 cm³/mol. The van der Waals surface area contributed by atoms with E-state index in [1.807, 2.05) is 0 Å². The van der Waals surface area contributed by atoms with Crippen molar-refractivity contribution in [2.75, 3.05) is 25.5 Å². The summed E-state index contributed by atoms with van der Waals surface area (Å²) < 4.78 is 64.0. The fourth-order valence-corrected chi connectivity index (χ4v) is 5.25. The maximum atomic E-state index is 12.9. The zero-order valence-corrected chi connectivity index (χ0v) is 17.2. The molecule has 156 valence electrons. The molecule has 0 unspecified atom stereocenters. The van der Waals surface area contributed by atoms with Gasteiger partial charge in [0.25, 0.3) is 16.0 Å². The van der Waals surface area contributed by atoms with Crippen LogP contribution in [0.4, 0.5) is 5.69 Å². The fourth-order valence-electron chi connectivity index (χ4n) is 3.02. The van der Waals surface area contributed by atoms with E-state index >= 15 is 0 Å². The number of methoxy groups -OCH3 is 1. The Hall–Kier alpha value is -2.47. The van der Waals surface area contributed by atoms with E-state index in [-0.39, 0.29) is 26.8 Å². The van der Waals surface area contributed by atoms with E-state index in [4.69, 9.17) is 9.29 Å². The molecule has 11 heteroatoms. The molecule has 0 spiro atoms. The van der Waals surface area contributed by atoms with E-state index < -0.39 is 26.0 Å². The molecular formula is C18H20N2O7S2. The van der Waals surface area contributed by atoms with Crippen molar-refractivity contribution in [1.29, 1.82) is 0 Å². The van der Waals surface area contributed by atoms with E-state index in [2.05, 4.69) is 5.32 Å². The van der Waals surface area contributed by atoms with Gasteiger partial charge in [0.2, 0.25) is 10.0 Å². The molecule has 2 aromatic carbocycles. The molecule has 1 saturated heterocycles.